The lowest BCUT2D eigenvalue weighted by Gasteiger charge is -2.36. The first kappa shape index (κ1) is 15.6. The Morgan fingerprint density at radius 1 is 1.38 bits per heavy atom. The Balaban J connectivity index is 2.06. The van der Waals surface area contributed by atoms with E-state index in [4.69, 9.17) is 0 Å². The van der Waals surface area contributed by atoms with Gasteiger partial charge in [-0.1, -0.05) is 0 Å². The van der Waals surface area contributed by atoms with Crippen LogP contribution in [0.4, 0.5) is 0 Å². The molecule has 2 heterocycles. The summed E-state index contributed by atoms with van der Waals surface area (Å²) in [7, 11) is 4.05. The lowest BCUT2D eigenvalue weighted by atomic mass is 9.98. The van der Waals surface area contributed by atoms with Gasteiger partial charge >= 0.3 is 0 Å². The first-order valence-electron chi connectivity index (χ1n) is 7.49. The molecule has 21 heavy (non-hydrogen) atoms. The van der Waals surface area contributed by atoms with Crippen molar-refractivity contribution in [2.45, 2.75) is 31.7 Å². The SMILES string of the molecule is CN(C)CC[C@H]1CCCCN1C(=O)C(=O)c1cccnc1. The molecule has 0 spiro atoms. The smallest absolute Gasteiger partial charge is 0.295 e. The van der Waals surface area contributed by atoms with Crippen molar-refractivity contribution < 1.29 is 9.59 Å². The summed E-state index contributed by atoms with van der Waals surface area (Å²) in [6.07, 6.45) is 7.06. The van der Waals surface area contributed by atoms with Crippen LogP contribution < -0.4 is 0 Å². The van der Waals surface area contributed by atoms with E-state index in [0.29, 0.717) is 12.1 Å². The molecule has 1 saturated heterocycles. The minimum absolute atomic E-state index is 0.175. The van der Waals surface area contributed by atoms with Crippen molar-refractivity contribution in [2.24, 2.45) is 0 Å². The predicted octanol–water partition coefficient (Wildman–Crippen LogP) is 1.60. The van der Waals surface area contributed by atoms with Crippen LogP contribution in [0, 0.1) is 0 Å². The van der Waals surface area contributed by atoms with E-state index in [-0.39, 0.29) is 11.9 Å². The molecule has 2 rings (SSSR count). The Morgan fingerprint density at radius 2 is 2.19 bits per heavy atom. The summed E-state index contributed by atoms with van der Waals surface area (Å²) in [6.45, 7) is 1.61. The summed E-state index contributed by atoms with van der Waals surface area (Å²) in [4.78, 5) is 32.6. The van der Waals surface area contributed by atoms with E-state index in [1.807, 2.05) is 14.1 Å². The minimum atomic E-state index is -0.445. The third-order valence-electron chi connectivity index (χ3n) is 3.92. The van der Waals surface area contributed by atoms with Crippen LogP contribution in [0.3, 0.4) is 0 Å². The van der Waals surface area contributed by atoms with Gasteiger partial charge in [-0.3, -0.25) is 14.6 Å². The number of carbonyl (C=O) groups excluding carboxylic acids is 2. The number of piperidine rings is 1. The van der Waals surface area contributed by atoms with Crippen LogP contribution >= 0.6 is 0 Å². The number of hydrogen-bond donors (Lipinski definition) is 0. The molecule has 0 unspecified atom stereocenters. The van der Waals surface area contributed by atoms with Crippen molar-refractivity contribution in [3.05, 3.63) is 30.1 Å². The summed E-state index contributed by atoms with van der Waals surface area (Å²) in [5, 5.41) is 0. The number of Topliss-reactive ketones (excluding diaryl/α,β-unsaturated/α-hetero) is 1. The summed E-state index contributed by atoms with van der Waals surface area (Å²) >= 11 is 0. The van der Waals surface area contributed by atoms with E-state index in [1.54, 1.807) is 23.2 Å². The van der Waals surface area contributed by atoms with Gasteiger partial charge in [0.15, 0.2) is 0 Å². The molecular weight excluding hydrogens is 266 g/mol. The summed E-state index contributed by atoms with van der Waals surface area (Å²) in [6, 6.07) is 3.50. The molecule has 1 amide bonds. The molecule has 0 radical (unpaired) electrons. The molecule has 1 atom stereocenters. The molecule has 0 saturated carbocycles. The van der Waals surface area contributed by atoms with E-state index in [0.717, 1.165) is 32.2 Å². The average Bonchev–Trinajstić information content (AvgIpc) is 2.52. The van der Waals surface area contributed by atoms with Gasteiger partial charge in [0.25, 0.3) is 11.7 Å². The number of rotatable bonds is 5. The summed E-state index contributed by atoms with van der Waals surface area (Å²) < 4.78 is 0. The fourth-order valence-electron chi connectivity index (χ4n) is 2.73. The predicted molar refractivity (Wildman–Crippen MR) is 81.1 cm³/mol. The Morgan fingerprint density at radius 3 is 2.86 bits per heavy atom. The molecule has 114 valence electrons. The lowest BCUT2D eigenvalue weighted by Crippen LogP contribution is -2.47. The number of aromatic nitrogens is 1. The van der Waals surface area contributed by atoms with Gasteiger partial charge in [-0.05, 0) is 58.5 Å². The topological polar surface area (TPSA) is 53.5 Å². The summed E-state index contributed by atoms with van der Waals surface area (Å²) in [5.74, 6) is -0.827. The van der Waals surface area contributed by atoms with Crippen LogP contribution in [-0.2, 0) is 4.79 Å². The Hall–Kier alpha value is -1.75. The second-order valence-corrected chi connectivity index (χ2v) is 5.81. The third-order valence-corrected chi connectivity index (χ3v) is 3.92. The van der Waals surface area contributed by atoms with Gasteiger partial charge in [0, 0.05) is 30.5 Å². The number of ketones is 1. The average molecular weight is 289 g/mol. The molecule has 5 heteroatoms. The lowest BCUT2D eigenvalue weighted by molar-refractivity contribution is -0.130. The van der Waals surface area contributed by atoms with Crippen LogP contribution in [-0.4, -0.2) is 59.7 Å². The zero-order valence-electron chi connectivity index (χ0n) is 12.8. The minimum Gasteiger partial charge on any atom is -0.333 e. The summed E-state index contributed by atoms with van der Waals surface area (Å²) in [5.41, 5.74) is 0.374. The normalized spacial score (nSPS) is 18.8. The van der Waals surface area contributed by atoms with Crippen molar-refractivity contribution in [1.82, 2.24) is 14.8 Å². The number of carbonyl (C=O) groups is 2. The van der Waals surface area contributed by atoms with E-state index in [1.165, 1.54) is 6.20 Å². The molecular formula is C16H23N3O2. The highest BCUT2D eigenvalue weighted by atomic mass is 16.2. The molecule has 1 aliphatic rings. The van der Waals surface area contributed by atoms with Gasteiger partial charge in [-0.15, -0.1) is 0 Å². The number of amides is 1. The molecule has 1 aromatic heterocycles. The van der Waals surface area contributed by atoms with E-state index in [2.05, 4.69) is 9.88 Å². The second-order valence-electron chi connectivity index (χ2n) is 5.81. The van der Waals surface area contributed by atoms with E-state index < -0.39 is 5.78 Å². The monoisotopic (exact) mass is 289 g/mol. The van der Waals surface area contributed by atoms with Gasteiger partial charge in [-0.2, -0.15) is 0 Å². The fraction of sp³-hybridized carbons (Fsp3) is 0.562. The molecule has 5 nitrogen and oxygen atoms in total. The van der Waals surface area contributed by atoms with Crippen molar-refractivity contribution in [3.63, 3.8) is 0 Å². The van der Waals surface area contributed by atoms with Crippen LogP contribution in [0.25, 0.3) is 0 Å². The van der Waals surface area contributed by atoms with Gasteiger partial charge in [0.05, 0.1) is 0 Å². The molecule has 1 fully saturated rings. The Bertz CT molecular complexity index is 488. The van der Waals surface area contributed by atoms with Gasteiger partial charge < -0.3 is 9.80 Å². The standard InChI is InChI=1S/C16H23N3O2/c1-18(2)11-8-14-7-3-4-10-19(14)16(21)15(20)13-6-5-9-17-12-13/h5-6,9,12,14H,3-4,7-8,10-11H2,1-2H3/t14-/m1/s1. The zero-order chi connectivity index (χ0) is 15.2. The van der Waals surface area contributed by atoms with Gasteiger partial charge in [0.1, 0.15) is 0 Å². The van der Waals surface area contributed by atoms with Crippen LogP contribution in [0.1, 0.15) is 36.0 Å². The number of likely N-dealkylation sites (tertiary alicyclic amines) is 1. The third kappa shape index (κ3) is 4.11. The molecule has 0 N–H and O–H groups in total. The number of hydrogen-bond acceptors (Lipinski definition) is 4. The zero-order valence-corrected chi connectivity index (χ0v) is 12.8. The highest BCUT2D eigenvalue weighted by molar-refractivity contribution is 6.42. The quantitative estimate of drug-likeness (QED) is 0.610. The van der Waals surface area contributed by atoms with Crippen molar-refractivity contribution in [3.8, 4) is 0 Å². The van der Waals surface area contributed by atoms with Crippen LogP contribution in [0.5, 0.6) is 0 Å². The first-order chi connectivity index (χ1) is 10.1. The number of nitrogens with zero attached hydrogens (tertiary/aromatic N) is 3. The van der Waals surface area contributed by atoms with Crippen LogP contribution in [0.2, 0.25) is 0 Å². The largest absolute Gasteiger partial charge is 0.333 e. The van der Waals surface area contributed by atoms with Crippen molar-refractivity contribution in [1.29, 1.82) is 0 Å². The second kappa shape index (κ2) is 7.31. The maximum atomic E-state index is 12.5. The maximum Gasteiger partial charge on any atom is 0.295 e. The Kier molecular flexibility index (Phi) is 5.44. The van der Waals surface area contributed by atoms with Gasteiger partial charge in [0.2, 0.25) is 0 Å². The van der Waals surface area contributed by atoms with Gasteiger partial charge in [-0.25, -0.2) is 0 Å². The highest BCUT2D eigenvalue weighted by Crippen LogP contribution is 2.21. The Labute approximate surface area is 126 Å². The van der Waals surface area contributed by atoms with Crippen molar-refractivity contribution in [2.75, 3.05) is 27.2 Å². The fourth-order valence-corrected chi connectivity index (χ4v) is 2.73. The first-order valence-corrected chi connectivity index (χ1v) is 7.49. The van der Waals surface area contributed by atoms with E-state index >= 15 is 0 Å². The molecule has 1 aliphatic heterocycles. The molecule has 1 aromatic rings. The molecule has 0 aliphatic carbocycles. The molecule has 0 aromatic carbocycles. The number of pyridine rings is 1. The van der Waals surface area contributed by atoms with E-state index in [9.17, 15) is 9.59 Å². The maximum absolute atomic E-state index is 12.5. The molecule has 0 bridgehead atoms. The van der Waals surface area contributed by atoms with Crippen molar-refractivity contribution >= 4 is 11.7 Å². The highest BCUT2D eigenvalue weighted by Gasteiger charge is 2.31. The van der Waals surface area contributed by atoms with Crippen LogP contribution in [0.15, 0.2) is 24.5 Å².